The third-order valence-electron chi connectivity index (χ3n) is 9.24. The first-order chi connectivity index (χ1) is 21.6. The molecular formula is C31H36F4N8O2. The highest BCUT2D eigenvalue weighted by molar-refractivity contribution is 5.91. The topological polar surface area (TPSA) is 102 Å². The van der Waals surface area contributed by atoms with Crippen molar-refractivity contribution in [1.29, 1.82) is 5.26 Å². The summed E-state index contributed by atoms with van der Waals surface area (Å²) >= 11 is 0. The zero-order valence-electron chi connectivity index (χ0n) is 25.0. The second kappa shape index (κ2) is 12.4. The minimum absolute atomic E-state index is 0.0137. The molecule has 10 nitrogen and oxygen atoms in total. The number of pyridine rings is 1. The number of alkyl halides is 3. The molecule has 2 aromatic rings. The molecule has 0 unspecified atom stereocenters. The Balaban J connectivity index is 1.30. The number of halogens is 4. The molecule has 3 aliphatic heterocycles. The molecule has 0 bridgehead atoms. The number of aromatic nitrogens is 3. The van der Waals surface area contributed by atoms with Gasteiger partial charge >= 0.3 is 12.2 Å². The summed E-state index contributed by atoms with van der Waals surface area (Å²) < 4.78 is 61.6. The quantitative estimate of drug-likeness (QED) is 0.300. The second-order valence-corrected chi connectivity index (χ2v) is 12.4. The van der Waals surface area contributed by atoms with Gasteiger partial charge in [-0.25, -0.2) is 9.37 Å². The molecule has 14 heteroatoms. The predicted octanol–water partition coefficient (Wildman–Crippen LogP) is 4.12. The van der Waals surface area contributed by atoms with Crippen molar-refractivity contribution in [2.24, 2.45) is 5.41 Å². The van der Waals surface area contributed by atoms with Gasteiger partial charge in [0.25, 0.3) is 5.91 Å². The average Bonchev–Trinajstić information content (AvgIpc) is 3.60. The molecule has 0 spiro atoms. The summed E-state index contributed by atoms with van der Waals surface area (Å²) in [5.41, 5.74) is 0.390. The molecule has 45 heavy (non-hydrogen) atoms. The van der Waals surface area contributed by atoms with Crippen LogP contribution in [0.2, 0.25) is 0 Å². The number of hydrogen-bond donors (Lipinski definition) is 0. The standard InChI is InChI=1S/C31H36F4N8O2/c1-21(32)28(44)43-16-15-42(17-22(43)6-10-36)27-23-7-14-41(25-5-4-11-37-26(25)31(33,34)35)18-24(23)38-29(39-27)45-20-30(8-9-30)19-40-12-2-3-13-40/h4-5,11,22H,1-3,6-9,12-20H2/t22-/m0/s1. The molecule has 4 aliphatic rings. The van der Waals surface area contributed by atoms with Crippen molar-refractivity contribution in [3.05, 3.63) is 47.7 Å². The monoisotopic (exact) mass is 628 g/mol. The predicted molar refractivity (Wildman–Crippen MR) is 157 cm³/mol. The lowest BCUT2D eigenvalue weighted by molar-refractivity contribution is -0.140. The van der Waals surface area contributed by atoms with Crippen molar-refractivity contribution in [2.75, 3.05) is 62.2 Å². The molecule has 2 aromatic heterocycles. The number of anilines is 2. The largest absolute Gasteiger partial charge is 0.463 e. The van der Waals surface area contributed by atoms with Crippen molar-refractivity contribution in [3.63, 3.8) is 0 Å². The van der Waals surface area contributed by atoms with Gasteiger partial charge in [-0.2, -0.15) is 28.4 Å². The Hall–Kier alpha value is -3.99. The SMILES string of the molecule is C=C(F)C(=O)N1CCN(c2nc(OCC3(CN4CCCC4)CC3)nc3c2CCN(c2cccnc2C(F)(F)F)C3)C[C@@H]1CC#N. The van der Waals surface area contributed by atoms with Crippen LogP contribution in [0.15, 0.2) is 30.7 Å². The number of likely N-dealkylation sites (tertiary alicyclic amines) is 1. The Morgan fingerprint density at radius 1 is 1.13 bits per heavy atom. The fraction of sp³-hybridized carbons (Fsp3) is 0.581. The van der Waals surface area contributed by atoms with E-state index < -0.39 is 29.6 Å². The Morgan fingerprint density at radius 2 is 1.91 bits per heavy atom. The maximum atomic E-state index is 13.8. The van der Waals surface area contributed by atoms with Gasteiger partial charge in [0.15, 0.2) is 11.5 Å². The highest BCUT2D eigenvalue weighted by Gasteiger charge is 2.45. The van der Waals surface area contributed by atoms with E-state index in [2.05, 4.69) is 22.5 Å². The molecular weight excluding hydrogens is 592 g/mol. The number of nitrogens with zero attached hydrogens (tertiary/aromatic N) is 8. The number of piperazine rings is 1. The maximum Gasteiger partial charge on any atom is 0.435 e. The number of carbonyl (C=O) groups is 1. The van der Waals surface area contributed by atoms with E-state index in [9.17, 15) is 27.6 Å². The fourth-order valence-electron chi connectivity index (χ4n) is 6.70. The molecule has 1 atom stereocenters. The fourth-order valence-corrected chi connectivity index (χ4v) is 6.70. The van der Waals surface area contributed by atoms with Crippen molar-refractivity contribution < 1.29 is 27.1 Å². The number of rotatable bonds is 9. The minimum atomic E-state index is -4.62. The van der Waals surface area contributed by atoms with Crippen LogP contribution in [0.5, 0.6) is 6.01 Å². The zero-order chi connectivity index (χ0) is 31.8. The van der Waals surface area contributed by atoms with Gasteiger partial charge in [-0.15, -0.1) is 0 Å². The molecule has 2 saturated heterocycles. The van der Waals surface area contributed by atoms with Crippen LogP contribution in [0, 0.1) is 16.7 Å². The van der Waals surface area contributed by atoms with Gasteiger partial charge in [0.2, 0.25) is 0 Å². The Kier molecular flexibility index (Phi) is 8.56. The molecule has 1 amide bonds. The lowest BCUT2D eigenvalue weighted by atomic mass is 10.0. The van der Waals surface area contributed by atoms with Crippen LogP contribution in [0.25, 0.3) is 0 Å². The summed E-state index contributed by atoms with van der Waals surface area (Å²) in [6.07, 6.45) is 1.34. The molecule has 6 rings (SSSR count). The summed E-state index contributed by atoms with van der Waals surface area (Å²) in [6.45, 7) is 7.73. The molecule has 0 radical (unpaired) electrons. The molecule has 3 fully saturated rings. The first-order valence-corrected chi connectivity index (χ1v) is 15.4. The third-order valence-corrected chi connectivity index (χ3v) is 9.24. The van der Waals surface area contributed by atoms with Crippen molar-refractivity contribution in [2.45, 2.75) is 57.3 Å². The van der Waals surface area contributed by atoms with E-state index in [0.29, 0.717) is 31.1 Å². The van der Waals surface area contributed by atoms with E-state index >= 15 is 0 Å². The van der Waals surface area contributed by atoms with Gasteiger partial charge in [-0.3, -0.25) is 4.79 Å². The van der Waals surface area contributed by atoms with E-state index in [1.165, 1.54) is 29.9 Å². The molecule has 1 aliphatic carbocycles. The van der Waals surface area contributed by atoms with Crippen LogP contribution in [0.1, 0.15) is 49.1 Å². The molecule has 240 valence electrons. The number of nitriles is 1. The van der Waals surface area contributed by atoms with Crippen molar-refractivity contribution in [1.82, 2.24) is 24.8 Å². The summed E-state index contributed by atoms with van der Waals surface area (Å²) in [4.78, 5) is 33.0. The van der Waals surface area contributed by atoms with Crippen LogP contribution >= 0.6 is 0 Å². The van der Waals surface area contributed by atoms with E-state index in [0.717, 1.165) is 44.2 Å². The third kappa shape index (κ3) is 6.68. The van der Waals surface area contributed by atoms with Gasteiger partial charge in [-0.1, -0.05) is 6.58 Å². The van der Waals surface area contributed by atoms with E-state index in [1.807, 2.05) is 4.90 Å². The number of ether oxygens (including phenoxy) is 1. The van der Waals surface area contributed by atoms with Crippen molar-refractivity contribution >= 4 is 17.4 Å². The maximum absolute atomic E-state index is 13.8. The normalized spacial score (nSPS) is 21.3. The zero-order valence-corrected chi connectivity index (χ0v) is 25.0. The summed E-state index contributed by atoms with van der Waals surface area (Å²) in [5, 5.41) is 9.46. The summed E-state index contributed by atoms with van der Waals surface area (Å²) in [5.74, 6) is -1.36. The average molecular weight is 629 g/mol. The van der Waals surface area contributed by atoms with Crippen LogP contribution in [0.3, 0.4) is 0 Å². The second-order valence-electron chi connectivity index (χ2n) is 12.4. The van der Waals surface area contributed by atoms with Gasteiger partial charge in [0, 0.05) is 49.9 Å². The summed E-state index contributed by atoms with van der Waals surface area (Å²) in [6, 6.07) is 4.53. The minimum Gasteiger partial charge on any atom is -0.463 e. The van der Waals surface area contributed by atoms with Gasteiger partial charge in [0.05, 0.1) is 43.1 Å². The summed E-state index contributed by atoms with van der Waals surface area (Å²) in [7, 11) is 0. The number of amides is 1. The van der Waals surface area contributed by atoms with Crippen LogP contribution in [-0.4, -0.2) is 89.1 Å². The first kappa shape index (κ1) is 31.0. The number of fused-ring (bicyclic) bond motifs is 1. The first-order valence-electron chi connectivity index (χ1n) is 15.4. The molecule has 0 aromatic carbocycles. The molecule has 0 N–H and O–H groups in total. The van der Waals surface area contributed by atoms with Gasteiger partial charge in [-0.05, 0) is 57.3 Å². The number of hydrogen-bond acceptors (Lipinski definition) is 9. The van der Waals surface area contributed by atoms with Crippen LogP contribution in [-0.2, 0) is 23.9 Å². The lowest BCUT2D eigenvalue weighted by Gasteiger charge is -2.42. The smallest absolute Gasteiger partial charge is 0.435 e. The molecule has 1 saturated carbocycles. The Bertz CT molecular complexity index is 1480. The van der Waals surface area contributed by atoms with E-state index in [1.54, 1.807) is 4.90 Å². The Morgan fingerprint density at radius 3 is 2.60 bits per heavy atom. The van der Waals surface area contributed by atoms with Crippen LogP contribution < -0.4 is 14.5 Å². The van der Waals surface area contributed by atoms with Crippen molar-refractivity contribution in [3.8, 4) is 12.1 Å². The lowest BCUT2D eigenvalue weighted by Crippen LogP contribution is -2.55. The highest BCUT2D eigenvalue weighted by Crippen LogP contribution is 2.47. The molecule has 5 heterocycles. The highest BCUT2D eigenvalue weighted by atomic mass is 19.4. The van der Waals surface area contributed by atoms with E-state index in [4.69, 9.17) is 14.7 Å². The van der Waals surface area contributed by atoms with Gasteiger partial charge in [0.1, 0.15) is 5.82 Å². The van der Waals surface area contributed by atoms with Gasteiger partial charge < -0.3 is 24.3 Å². The number of carbonyl (C=O) groups excluding carboxylic acids is 1. The van der Waals surface area contributed by atoms with Crippen LogP contribution in [0.4, 0.5) is 29.1 Å². The Labute approximate surface area is 259 Å². The van der Waals surface area contributed by atoms with E-state index in [-0.39, 0.29) is 49.7 Å².